The molecule has 1 unspecified atom stereocenters. The van der Waals surface area contributed by atoms with Crippen molar-refractivity contribution in [2.45, 2.75) is 50.0 Å². The Morgan fingerprint density at radius 1 is 1.15 bits per heavy atom. The summed E-state index contributed by atoms with van der Waals surface area (Å²) in [6, 6.07) is 9.21. The number of ether oxygens (including phenoxy) is 2. The molecular formula is C25H34Cl2N2O4S. The van der Waals surface area contributed by atoms with Gasteiger partial charge in [0.15, 0.2) is 11.5 Å². The Bertz CT molecular complexity index is 1110. The molecule has 2 aliphatic rings. The van der Waals surface area contributed by atoms with Crippen molar-refractivity contribution in [3.63, 3.8) is 0 Å². The molecule has 0 saturated carbocycles. The van der Waals surface area contributed by atoms with E-state index in [2.05, 4.69) is 11.0 Å². The van der Waals surface area contributed by atoms with E-state index in [9.17, 15) is 8.42 Å². The topological polar surface area (TPSA) is 59.1 Å². The SMILES string of the molecule is CCN(CCCCN1CCc2cc(OC)c(OC)c3c2C1CC3)S(=O)(=O)c1ccccc1Cl.Cl. The Labute approximate surface area is 214 Å². The molecule has 0 amide bonds. The fourth-order valence-electron chi connectivity index (χ4n) is 5.33. The quantitative estimate of drug-likeness (QED) is 0.400. The Kier molecular flexibility index (Phi) is 9.15. The monoisotopic (exact) mass is 528 g/mol. The van der Waals surface area contributed by atoms with Gasteiger partial charge in [-0.05, 0) is 68.0 Å². The first-order chi connectivity index (χ1) is 15.9. The molecule has 1 aliphatic carbocycles. The van der Waals surface area contributed by atoms with Crippen LogP contribution in [-0.2, 0) is 22.9 Å². The molecule has 0 aromatic heterocycles. The van der Waals surface area contributed by atoms with Gasteiger partial charge in [-0.3, -0.25) is 4.90 Å². The second-order valence-corrected chi connectivity index (χ2v) is 11.0. The lowest BCUT2D eigenvalue weighted by Gasteiger charge is -2.35. The minimum Gasteiger partial charge on any atom is -0.493 e. The van der Waals surface area contributed by atoms with Gasteiger partial charge in [0.1, 0.15) is 4.90 Å². The van der Waals surface area contributed by atoms with Crippen LogP contribution in [0.3, 0.4) is 0 Å². The zero-order valence-electron chi connectivity index (χ0n) is 20.0. The first-order valence-corrected chi connectivity index (χ1v) is 13.5. The summed E-state index contributed by atoms with van der Waals surface area (Å²) in [4.78, 5) is 2.74. The van der Waals surface area contributed by atoms with Crippen LogP contribution in [0.5, 0.6) is 11.5 Å². The summed E-state index contributed by atoms with van der Waals surface area (Å²) < 4.78 is 38.9. The van der Waals surface area contributed by atoms with Crippen molar-refractivity contribution < 1.29 is 17.9 Å². The maximum absolute atomic E-state index is 13.0. The minimum absolute atomic E-state index is 0. The van der Waals surface area contributed by atoms with Crippen molar-refractivity contribution in [3.05, 3.63) is 52.0 Å². The summed E-state index contributed by atoms with van der Waals surface area (Å²) in [5.74, 6) is 1.71. The fraction of sp³-hybridized carbons (Fsp3) is 0.520. The summed E-state index contributed by atoms with van der Waals surface area (Å²) in [5.41, 5.74) is 4.10. The van der Waals surface area contributed by atoms with Gasteiger partial charge in [-0.15, -0.1) is 12.4 Å². The van der Waals surface area contributed by atoms with Crippen molar-refractivity contribution >= 4 is 34.0 Å². The zero-order chi connectivity index (χ0) is 23.6. The molecule has 9 heteroatoms. The number of halogens is 2. The average Bonchev–Trinajstić information content (AvgIpc) is 3.26. The van der Waals surface area contributed by atoms with Gasteiger partial charge in [0.2, 0.25) is 10.0 Å². The molecule has 4 rings (SSSR count). The van der Waals surface area contributed by atoms with E-state index < -0.39 is 10.0 Å². The largest absolute Gasteiger partial charge is 0.493 e. The van der Waals surface area contributed by atoms with E-state index in [1.54, 1.807) is 38.5 Å². The third kappa shape index (κ3) is 5.05. The van der Waals surface area contributed by atoms with Gasteiger partial charge in [-0.2, -0.15) is 4.31 Å². The second-order valence-electron chi connectivity index (χ2n) is 8.64. The molecule has 0 N–H and O–H groups in total. The highest BCUT2D eigenvalue weighted by Crippen LogP contribution is 2.48. The van der Waals surface area contributed by atoms with Crippen LogP contribution in [0, 0.1) is 0 Å². The molecule has 0 radical (unpaired) electrons. The number of hydrogen-bond donors (Lipinski definition) is 0. The van der Waals surface area contributed by atoms with Gasteiger partial charge in [-0.25, -0.2) is 8.42 Å². The van der Waals surface area contributed by atoms with Crippen LogP contribution >= 0.6 is 24.0 Å². The minimum atomic E-state index is -3.59. The highest BCUT2D eigenvalue weighted by molar-refractivity contribution is 7.89. The van der Waals surface area contributed by atoms with Gasteiger partial charge >= 0.3 is 0 Å². The average molecular weight is 530 g/mol. The number of methoxy groups -OCH3 is 2. The molecule has 2 aromatic carbocycles. The van der Waals surface area contributed by atoms with Gasteiger partial charge < -0.3 is 9.47 Å². The Hall–Kier alpha value is -1.51. The first kappa shape index (κ1) is 27.1. The van der Waals surface area contributed by atoms with Crippen molar-refractivity contribution in [2.24, 2.45) is 0 Å². The number of unbranched alkanes of at least 4 members (excludes halogenated alkanes) is 1. The highest BCUT2D eigenvalue weighted by atomic mass is 35.5. The predicted octanol–water partition coefficient (Wildman–Crippen LogP) is 5.12. The van der Waals surface area contributed by atoms with Crippen LogP contribution in [0.2, 0.25) is 5.02 Å². The van der Waals surface area contributed by atoms with Gasteiger partial charge in [0.05, 0.1) is 19.2 Å². The lowest BCUT2D eigenvalue weighted by atomic mass is 9.92. The maximum Gasteiger partial charge on any atom is 0.244 e. The Morgan fingerprint density at radius 3 is 2.59 bits per heavy atom. The Balaban J connectivity index is 0.00000324. The van der Waals surface area contributed by atoms with Crippen LogP contribution < -0.4 is 9.47 Å². The molecule has 6 nitrogen and oxygen atoms in total. The van der Waals surface area contributed by atoms with E-state index in [0.29, 0.717) is 19.1 Å². The number of sulfonamides is 1. The molecule has 0 fully saturated rings. The summed E-state index contributed by atoms with van der Waals surface area (Å²) >= 11 is 6.16. The van der Waals surface area contributed by atoms with Gasteiger partial charge in [0, 0.05) is 31.2 Å². The number of nitrogens with zero attached hydrogens (tertiary/aromatic N) is 2. The van der Waals surface area contributed by atoms with E-state index in [4.69, 9.17) is 21.1 Å². The normalized spacial score (nSPS) is 17.4. The molecule has 2 aromatic rings. The number of hydrogen-bond acceptors (Lipinski definition) is 5. The summed E-state index contributed by atoms with van der Waals surface area (Å²) in [7, 11) is -0.175. The van der Waals surface area contributed by atoms with Crippen LogP contribution in [0.15, 0.2) is 35.2 Å². The number of rotatable bonds is 10. The van der Waals surface area contributed by atoms with Crippen LogP contribution in [0.1, 0.15) is 48.9 Å². The van der Waals surface area contributed by atoms with E-state index in [1.165, 1.54) is 21.0 Å². The summed E-state index contributed by atoms with van der Waals surface area (Å²) in [6.07, 6.45) is 4.86. The van der Waals surface area contributed by atoms with Crippen molar-refractivity contribution in [3.8, 4) is 11.5 Å². The van der Waals surface area contributed by atoms with E-state index in [1.807, 2.05) is 6.92 Å². The Morgan fingerprint density at radius 2 is 1.91 bits per heavy atom. The van der Waals surface area contributed by atoms with Crippen LogP contribution in [0.25, 0.3) is 0 Å². The molecular weight excluding hydrogens is 495 g/mol. The van der Waals surface area contributed by atoms with E-state index >= 15 is 0 Å². The van der Waals surface area contributed by atoms with Crippen molar-refractivity contribution in [1.29, 1.82) is 0 Å². The molecule has 0 spiro atoms. The maximum atomic E-state index is 13.0. The highest BCUT2D eigenvalue weighted by Gasteiger charge is 2.36. The number of benzene rings is 2. The van der Waals surface area contributed by atoms with E-state index in [-0.39, 0.29) is 22.3 Å². The van der Waals surface area contributed by atoms with E-state index in [0.717, 1.165) is 56.7 Å². The smallest absolute Gasteiger partial charge is 0.244 e. The third-order valence-electron chi connectivity index (χ3n) is 6.92. The predicted molar refractivity (Wildman–Crippen MR) is 138 cm³/mol. The van der Waals surface area contributed by atoms with Crippen molar-refractivity contribution in [1.82, 2.24) is 9.21 Å². The molecule has 1 atom stereocenters. The first-order valence-electron chi connectivity index (χ1n) is 11.7. The fourth-order valence-corrected chi connectivity index (χ4v) is 7.32. The second kappa shape index (κ2) is 11.5. The van der Waals surface area contributed by atoms with Crippen molar-refractivity contribution in [2.75, 3.05) is 40.4 Å². The molecule has 1 aliphatic heterocycles. The van der Waals surface area contributed by atoms with Gasteiger partial charge in [0.25, 0.3) is 0 Å². The standard InChI is InChI=1S/C25H33ClN2O4S.ClH/c1-4-28(33(29,30)23-10-6-5-9-20(23)26)15-8-7-14-27-16-13-18-17-22(31-2)25(32-3)19-11-12-21(27)24(18)19;/h5-6,9-10,17,21H,4,7-8,11-16H2,1-3H3;1H. The molecule has 1 heterocycles. The van der Waals surface area contributed by atoms with Crippen LogP contribution in [0.4, 0.5) is 0 Å². The summed E-state index contributed by atoms with van der Waals surface area (Å²) in [5, 5.41) is 0.270. The lowest BCUT2D eigenvalue weighted by Crippen LogP contribution is -2.36. The molecule has 0 bridgehead atoms. The zero-order valence-corrected chi connectivity index (χ0v) is 22.4. The van der Waals surface area contributed by atoms with Gasteiger partial charge in [-0.1, -0.05) is 30.7 Å². The molecule has 34 heavy (non-hydrogen) atoms. The third-order valence-corrected chi connectivity index (χ3v) is 9.39. The molecule has 188 valence electrons. The molecule has 0 saturated heterocycles. The summed E-state index contributed by atoms with van der Waals surface area (Å²) in [6.45, 7) is 4.77. The lowest BCUT2D eigenvalue weighted by molar-refractivity contribution is 0.180. The van der Waals surface area contributed by atoms with Crippen LogP contribution in [-0.4, -0.2) is 58.0 Å².